The van der Waals surface area contributed by atoms with Crippen LogP contribution in [0.3, 0.4) is 0 Å². The van der Waals surface area contributed by atoms with Gasteiger partial charge in [-0.1, -0.05) is 54.6 Å². The molecule has 0 saturated carbocycles. The van der Waals surface area contributed by atoms with E-state index in [0.717, 1.165) is 74.5 Å². The second-order valence-corrected chi connectivity index (χ2v) is 9.36. The zero-order chi connectivity index (χ0) is 25.2. The molecule has 1 fully saturated rings. The first-order valence-corrected chi connectivity index (χ1v) is 12.7. The van der Waals surface area contributed by atoms with E-state index in [-0.39, 0.29) is 5.97 Å². The van der Waals surface area contributed by atoms with Crippen molar-refractivity contribution in [3.63, 3.8) is 0 Å². The molecule has 1 heterocycles. The van der Waals surface area contributed by atoms with Gasteiger partial charge in [0.05, 0.1) is 12.7 Å². The van der Waals surface area contributed by atoms with Crippen LogP contribution in [0.4, 0.5) is 0 Å². The lowest BCUT2D eigenvalue weighted by Crippen LogP contribution is -2.45. The lowest BCUT2D eigenvalue weighted by molar-refractivity contribution is 0.0600. The van der Waals surface area contributed by atoms with E-state index in [1.165, 1.54) is 12.5 Å². The SMILES string of the molecule is COC(=O)c1ccc(/C=C(/CNCCCN2CCN(C)CC2)COc2cccc3ccccc23)cc1. The van der Waals surface area contributed by atoms with Gasteiger partial charge < -0.3 is 24.6 Å². The second kappa shape index (κ2) is 13.2. The molecule has 0 radical (unpaired) electrons. The number of hydrogen-bond donors (Lipinski definition) is 1. The highest BCUT2D eigenvalue weighted by atomic mass is 16.5. The topological polar surface area (TPSA) is 54.0 Å². The number of piperazine rings is 1. The minimum absolute atomic E-state index is 0.327. The number of fused-ring (bicyclic) bond motifs is 1. The molecule has 0 aromatic heterocycles. The zero-order valence-electron chi connectivity index (χ0n) is 21.4. The van der Waals surface area contributed by atoms with Crippen molar-refractivity contribution in [1.29, 1.82) is 0 Å². The Balaban J connectivity index is 1.38. The fourth-order valence-electron chi connectivity index (χ4n) is 4.45. The van der Waals surface area contributed by atoms with E-state index in [0.29, 0.717) is 12.2 Å². The fraction of sp³-hybridized carbons (Fsp3) is 0.367. The maximum absolute atomic E-state index is 11.8. The molecule has 6 heteroatoms. The average molecular weight is 488 g/mol. The summed E-state index contributed by atoms with van der Waals surface area (Å²) < 4.78 is 11.1. The molecule has 0 aliphatic carbocycles. The number of esters is 1. The molecule has 6 nitrogen and oxygen atoms in total. The van der Waals surface area contributed by atoms with Crippen molar-refractivity contribution in [1.82, 2.24) is 15.1 Å². The van der Waals surface area contributed by atoms with Crippen LogP contribution in [0.1, 0.15) is 22.3 Å². The van der Waals surface area contributed by atoms with Gasteiger partial charge in [0, 0.05) is 38.1 Å². The molecule has 1 aliphatic rings. The van der Waals surface area contributed by atoms with E-state index in [9.17, 15) is 4.79 Å². The van der Waals surface area contributed by atoms with Gasteiger partial charge in [-0.25, -0.2) is 4.79 Å². The number of carbonyl (C=O) groups excluding carboxylic acids is 1. The number of nitrogens with zero attached hydrogens (tertiary/aromatic N) is 2. The van der Waals surface area contributed by atoms with Crippen molar-refractivity contribution in [3.05, 3.63) is 83.4 Å². The van der Waals surface area contributed by atoms with Gasteiger partial charge in [0.1, 0.15) is 12.4 Å². The summed E-state index contributed by atoms with van der Waals surface area (Å²) in [6.07, 6.45) is 3.26. The average Bonchev–Trinajstić information content (AvgIpc) is 2.92. The van der Waals surface area contributed by atoms with Crippen LogP contribution in [0.15, 0.2) is 72.3 Å². The van der Waals surface area contributed by atoms with E-state index in [1.807, 2.05) is 36.4 Å². The summed E-state index contributed by atoms with van der Waals surface area (Å²) in [5.41, 5.74) is 2.72. The first-order chi connectivity index (χ1) is 17.6. The molecular formula is C30H37N3O3. The van der Waals surface area contributed by atoms with Crippen LogP contribution < -0.4 is 10.1 Å². The Morgan fingerprint density at radius 3 is 2.50 bits per heavy atom. The maximum atomic E-state index is 11.8. The predicted octanol–water partition coefficient (Wildman–Crippen LogP) is 4.32. The Kier molecular flexibility index (Phi) is 9.50. The van der Waals surface area contributed by atoms with Crippen LogP contribution in [-0.2, 0) is 4.74 Å². The minimum atomic E-state index is -0.327. The Labute approximate surface area is 214 Å². The van der Waals surface area contributed by atoms with E-state index in [4.69, 9.17) is 9.47 Å². The zero-order valence-corrected chi connectivity index (χ0v) is 21.4. The number of nitrogens with one attached hydrogen (secondary N) is 1. The molecule has 0 unspecified atom stereocenters. The van der Waals surface area contributed by atoms with Gasteiger partial charge in [-0.15, -0.1) is 0 Å². The monoisotopic (exact) mass is 487 g/mol. The summed E-state index contributed by atoms with van der Waals surface area (Å²) >= 11 is 0. The number of carbonyl (C=O) groups is 1. The van der Waals surface area contributed by atoms with Crippen molar-refractivity contribution in [3.8, 4) is 5.75 Å². The Morgan fingerprint density at radius 2 is 1.72 bits per heavy atom. The standard InChI is InChI=1S/C30H37N3O3/c1-32-17-19-33(20-18-32)16-6-15-31-22-25(21-24-11-13-27(14-12-24)30(34)35-2)23-36-29-10-5-8-26-7-3-4-9-28(26)29/h3-5,7-14,21,31H,6,15-20,22-23H2,1-2H3/b25-21-. The minimum Gasteiger partial charge on any atom is -0.489 e. The van der Waals surface area contributed by atoms with Crippen LogP contribution in [-0.4, -0.2) is 82.3 Å². The number of hydrogen-bond acceptors (Lipinski definition) is 6. The summed E-state index contributed by atoms with van der Waals surface area (Å²) in [5, 5.41) is 5.89. The van der Waals surface area contributed by atoms with Crippen LogP contribution in [0.5, 0.6) is 5.75 Å². The molecule has 3 aromatic rings. The van der Waals surface area contributed by atoms with Crippen LogP contribution in [0.2, 0.25) is 0 Å². The molecule has 0 amide bonds. The van der Waals surface area contributed by atoms with Gasteiger partial charge >= 0.3 is 5.97 Å². The van der Waals surface area contributed by atoms with E-state index >= 15 is 0 Å². The third-order valence-electron chi connectivity index (χ3n) is 6.64. The highest BCUT2D eigenvalue weighted by Crippen LogP contribution is 2.25. The Morgan fingerprint density at radius 1 is 0.972 bits per heavy atom. The molecule has 36 heavy (non-hydrogen) atoms. The molecule has 0 spiro atoms. The van der Waals surface area contributed by atoms with E-state index < -0.39 is 0 Å². The normalized spacial score (nSPS) is 15.2. The summed E-state index contributed by atoms with van der Waals surface area (Å²) in [6, 6.07) is 21.9. The van der Waals surface area contributed by atoms with Gasteiger partial charge in [-0.3, -0.25) is 0 Å². The number of rotatable bonds is 11. The van der Waals surface area contributed by atoms with Crippen molar-refractivity contribution in [2.24, 2.45) is 0 Å². The molecule has 4 rings (SSSR count). The molecule has 1 saturated heterocycles. The molecule has 190 valence electrons. The van der Waals surface area contributed by atoms with Crippen molar-refractivity contribution >= 4 is 22.8 Å². The predicted molar refractivity (Wildman–Crippen MR) is 147 cm³/mol. The first-order valence-electron chi connectivity index (χ1n) is 12.7. The fourth-order valence-corrected chi connectivity index (χ4v) is 4.45. The van der Waals surface area contributed by atoms with Gasteiger partial charge in [0.15, 0.2) is 0 Å². The van der Waals surface area contributed by atoms with E-state index in [2.05, 4.69) is 46.4 Å². The quantitative estimate of drug-likeness (QED) is 0.321. The molecular weight excluding hydrogens is 450 g/mol. The molecule has 1 N–H and O–H groups in total. The summed E-state index contributed by atoms with van der Waals surface area (Å²) in [4.78, 5) is 16.7. The summed E-state index contributed by atoms with van der Waals surface area (Å²) in [7, 11) is 3.59. The van der Waals surface area contributed by atoms with E-state index in [1.54, 1.807) is 12.1 Å². The molecule has 1 aliphatic heterocycles. The highest BCUT2D eigenvalue weighted by Gasteiger charge is 2.13. The number of benzene rings is 3. The van der Waals surface area contributed by atoms with Crippen LogP contribution >= 0.6 is 0 Å². The van der Waals surface area contributed by atoms with Gasteiger partial charge in [-0.05, 0) is 61.3 Å². The Bertz CT molecular complexity index is 1150. The number of ether oxygens (including phenoxy) is 2. The van der Waals surface area contributed by atoms with Crippen LogP contribution in [0.25, 0.3) is 16.8 Å². The van der Waals surface area contributed by atoms with Crippen molar-refractivity contribution in [2.45, 2.75) is 6.42 Å². The smallest absolute Gasteiger partial charge is 0.337 e. The third kappa shape index (κ3) is 7.40. The molecule has 3 aromatic carbocycles. The largest absolute Gasteiger partial charge is 0.489 e. The lowest BCUT2D eigenvalue weighted by Gasteiger charge is -2.32. The number of methoxy groups -OCH3 is 1. The summed E-state index contributed by atoms with van der Waals surface area (Å²) in [5.74, 6) is 0.558. The van der Waals surface area contributed by atoms with Crippen molar-refractivity contribution < 1.29 is 14.3 Å². The third-order valence-corrected chi connectivity index (χ3v) is 6.64. The van der Waals surface area contributed by atoms with Crippen molar-refractivity contribution in [2.75, 3.05) is 66.6 Å². The second-order valence-electron chi connectivity index (χ2n) is 9.36. The molecule has 0 bridgehead atoms. The van der Waals surface area contributed by atoms with Crippen LogP contribution in [0, 0.1) is 0 Å². The molecule has 0 atom stereocenters. The first kappa shape index (κ1) is 25.9. The van der Waals surface area contributed by atoms with Gasteiger partial charge in [0.25, 0.3) is 0 Å². The Hall–Kier alpha value is -3.19. The maximum Gasteiger partial charge on any atom is 0.337 e. The number of likely N-dealkylation sites (N-methyl/N-ethyl adjacent to an activating group) is 1. The van der Waals surface area contributed by atoms with Gasteiger partial charge in [0.2, 0.25) is 0 Å². The highest BCUT2D eigenvalue weighted by molar-refractivity contribution is 5.89. The summed E-state index contributed by atoms with van der Waals surface area (Å²) in [6.45, 7) is 7.93. The van der Waals surface area contributed by atoms with Gasteiger partial charge in [-0.2, -0.15) is 0 Å². The lowest BCUT2D eigenvalue weighted by atomic mass is 10.1.